The summed E-state index contributed by atoms with van der Waals surface area (Å²) in [6, 6.07) is 0. The SMILES string of the molecule is C1CCCCCCCCC2(CCCCCCCC1)CC1(C2)CC2(C1)CC1(C2)CC2(CC3(CC4(CCCCCCCCCCC5(CCCCCC4)CCC5)C3)C2)C1. The molecule has 0 amide bonds. The maximum Gasteiger partial charge on any atom is -0.0276 e. The van der Waals surface area contributed by atoms with Gasteiger partial charge >= 0.3 is 0 Å². The van der Waals surface area contributed by atoms with Gasteiger partial charge in [0.25, 0.3) is 0 Å². The van der Waals surface area contributed by atoms with E-state index in [1.165, 1.54) is 141 Å². The zero-order chi connectivity index (χ0) is 37.9. The molecule has 56 heavy (non-hydrogen) atoms. The molecule has 9 aliphatic rings. The third kappa shape index (κ3) is 9.26. The van der Waals surface area contributed by atoms with Gasteiger partial charge in [0.1, 0.15) is 0 Å². The molecule has 320 valence electrons. The predicted octanol–water partition coefficient (Wildman–Crippen LogP) is 18.7. The summed E-state index contributed by atoms with van der Waals surface area (Å²) in [5.41, 5.74) is 6.50. The van der Waals surface area contributed by atoms with E-state index in [0.717, 1.165) is 43.3 Å². The van der Waals surface area contributed by atoms with Crippen molar-refractivity contribution >= 4 is 0 Å². The Morgan fingerprint density at radius 1 is 0.107 bits per heavy atom. The minimum Gasteiger partial charge on any atom is -0.0533 e. The summed E-state index contributed by atoms with van der Waals surface area (Å²) in [5, 5.41) is 0. The second-order valence-electron chi connectivity index (χ2n) is 26.0. The lowest BCUT2D eigenvalue weighted by atomic mass is 9.23. The third-order valence-corrected chi connectivity index (χ3v) is 20.7. The minimum atomic E-state index is 0.772. The Morgan fingerprint density at radius 2 is 0.250 bits per heavy atom. The molecule has 0 unspecified atom stereocenters. The van der Waals surface area contributed by atoms with Crippen molar-refractivity contribution in [1.82, 2.24) is 0 Å². The highest BCUT2D eigenvalue weighted by atomic mass is 14.8. The van der Waals surface area contributed by atoms with Gasteiger partial charge in [-0.05, 0) is 172 Å². The van der Waals surface area contributed by atoms with Crippen molar-refractivity contribution in [2.24, 2.45) is 43.3 Å². The van der Waals surface area contributed by atoms with E-state index in [2.05, 4.69) is 0 Å². The van der Waals surface area contributed by atoms with E-state index in [1.807, 2.05) is 0 Å². The molecule has 0 aromatic heterocycles. The van der Waals surface area contributed by atoms with Crippen LogP contribution in [0.2, 0.25) is 0 Å². The van der Waals surface area contributed by atoms with Gasteiger partial charge in [0.15, 0.2) is 0 Å². The lowest BCUT2D eigenvalue weighted by molar-refractivity contribution is -0.309. The minimum absolute atomic E-state index is 0.772. The third-order valence-electron chi connectivity index (χ3n) is 20.7. The van der Waals surface area contributed by atoms with E-state index < -0.39 is 0 Å². The predicted molar refractivity (Wildman–Crippen MR) is 241 cm³/mol. The molecule has 0 bridgehead atoms. The van der Waals surface area contributed by atoms with Crippen molar-refractivity contribution in [2.45, 2.75) is 308 Å². The van der Waals surface area contributed by atoms with Crippen LogP contribution in [-0.4, -0.2) is 0 Å². The second-order valence-corrected chi connectivity index (χ2v) is 26.0. The van der Waals surface area contributed by atoms with Crippen molar-refractivity contribution in [2.75, 3.05) is 0 Å². The van der Waals surface area contributed by atoms with Crippen LogP contribution in [0.25, 0.3) is 0 Å². The Bertz CT molecular complexity index is 1180. The second kappa shape index (κ2) is 17.4. The van der Waals surface area contributed by atoms with E-state index >= 15 is 0 Å². The Kier molecular flexibility index (Phi) is 12.9. The first-order valence-corrected chi connectivity index (χ1v) is 27.3. The van der Waals surface area contributed by atoms with Crippen molar-refractivity contribution in [3.63, 3.8) is 0 Å². The molecular weight excluding hydrogens is 673 g/mol. The molecule has 9 aliphatic carbocycles. The average molecular weight is 769 g/mol. The summed E-state index contributed by atoms with van der Waals surface area (Å²) in [6.07, 6.45) is 75.5. The molecule has 0 aromatic rings. The van der Waals surface area contributed by atoms with Gasteiger partial charge in [-0.25, -0.2) is 0 Å². The van der Waals surface area contributed by atoms with Gasteiger partial charge in [-0.3, -0.25) is 0 Å². The fourth-order valence-electron chi connectivity index (χ4n) is 19.5. The molecule has 8 spiro atoms. The van der Waals surface area contributed by atoms with Crippen molar-refractivity contribution in [1.29, 1.82) is 0 Å². The quantitative estimate of drug-likeness (QED) is 0.230. The summed E-state index contributed by atoms with van der Waals surface area (Å²) in [7, 11) is 0. The topological polar surface area (TPSA) is 0 Å². The Hall–Kier alpha value is 0. The van der Waals surface area contributed by atoms with Crippen LogP contribution >= 0.6 is 0 Å². The molecule has 0 atom stereocenters. The van der Waals surface area contributed by atoms with E-state index in [4.69, 9.17) is 0 Å². The fraction of sp³-hybridized carbons (Fsp3) is 1.00. The smallest absolute Gasteiger partial charge is 0.0276 e. The Labute approximate surface area is 350 Å². The first-order chi connectivity index (χ1) is 27.3. The fourth-order valence-corrected chi connectivity index (χ4v) is 19.5. The van der Waals surface area contributed by atoms with E-state index in [1.54, 1.807) is 167 Å². The van der Waals surface area contributed by atoms with E-state index in [9.17, 15) is 0 Å². The lowest BCUT2D eigenvalue weighted by Gasteiger charge is -2.81. The zero-order valence-electron chi connectivity index (χ0n) is 37.9. The Morgan fingerprint density at radius 3 is 0.429 bits per heavy atom. The van der Waals surface area contributed by atoms with Gasteiger partial charge in [-0.2, -0.15) is 0 Å². The lowest BCUT2D eigenvalue weighted by Crippen LogP contribution is -2.71. The van der Waals surface area contributed by atoms with Crippen molar-refractivity contribution in [3.05, 3.63) is 0 Å². The van der Waals surface area contributed by atoms with Crippen LogP contribution in [0.1, 0.15) is 308 Å². The summed E-state index contributed by atoms with van der Waals surface area (Å²) >= 11 is 0. The highest BCUT2D eigenvalue weighted by Gasteiger charge is 2.76. The van der Waals surface area contributed by atoms with Gasteiger partial charge < -0.3 is 0 Å². The summed E-state index contributed by atoms with van der Waals surface area (Å²) < 4.78 is 0. The summed E-state index contributed by atoms with van der Waals surface area (Å²) in [6.45, 7) is 0. The molecule has 9 saturated carbocycles. The number of rotatable bonds is 0. The van der Waals surface area contributed by atoms with Gasteiger partial charge in [0.2, 0.25) is 0 Å². The molecule has 9 rings (SSSR count). The van der Waals surface area contributed by atoms with Crippen molar-refractivity contribution in [3.8, 4) is 0 Å². The first kappa shape index (κ1) is 41.4. The molecule has 0 heteroatoms. The maximum absolute atomic E-state index is 1.68. The van der Waals surface area contributed by atoms with Gasteiger partial charge in [0, 0.05) is 0 Å². The summed E-state index contributed by atoms with van der Waals surface area (Å²) in [4.78, 5) is 0. The van der Waals surface area contributed by atoms with Crippen LogP contribution in [0, 0.1) is 43.3 Å². The van der Waals surface area contributed by atoms with Crippen molar-refractivity contribution < 1.29 is 0 Å². The molecule has 0 aromatic carbocycles. The molecule has 0 radical (unpaired) electrons. The highest BCUT2D eigenvalue weighted by molar-refractivity contribution is 5.27. The molecule has 0 N–H and O–H groups in total. The van der Waals surface area contributed by atoms with Crippen LogP contribution in [-0.2, 0) is 0 Å². The van der Waals surface area contributed by atoms with Crippen LogP contribution in [0.4, 0.5) is 0 Å². The van der Waals surface area contributed by atoms with Crippen LogP contribution < -0.4 is 0 Å². The van der Waals surface area contributed by atoms with E-state index in [-0.39, 0.29) is 0 Å². The maximum atomic E-state index is 1.68. The molecule has 0 heterocycles. The zero-order valence-corrected chi connectivity index (χ0v) is 37.9. The average Bonchev–Trinajstić information content (AvgIpc) is 3.07. The molecule has 0 saturated heterocycles. The molecule has 0 aliphatic heterocycles. The number of hydrogen-bond acceptors (Lipinski definition) is 0. The van der Waals surface area contributed by atoms with Gasteiger partial charge in [0.05, 0.1) is 0 Å². The normalized spacial score (nSPS) is 34.3. The molecule has 9 fully saturated rings. The molecular formula is C56H96. The summed E-state index contributed by atoms with van der Waals surface area (Å²) in [5.74, 6) is 0. The van der Waals surface area contributed by atoms with Crippen LogP contribution in [0.3, 0.4) is 0 Å². The van der Waals surface area contributed by atoms with Crippen LogP contribution in [0.5, 0.6) is 0 Å². The first-order valence-electron chi connectivity index (χ1n) is 27.3. The van der Waals surface area contributed by atoms with Gasteiger partial charge in [-0.1, -0.05) is 180 Å². The van der Waals surface area contributed by atoms with Crippen LogP contribution in [0.15, 0.2) is 0 Å². The Balaban J connectivity index is 0.692. The van der Waals surface area contributed by atoms with E-state index in [0.29, 0.717) is 0 Å². The number of hydrogen-bond donors (Lipinski definition) is 0. The van der Waals surface area contributed by atoms with Gasteiger partial charge in [-0.15, -0.1) is 0 Å². The monoisotopic (exact) mass is 769 g/mol. The standard InChI is InChI=1S/C56H96/c1-2-4-6-8-13-17-24-31-50(32-25-18-14-9-7-5-3-1)37-52(38-50)41-54(42-52)45-56(46-54)47-55(48-56)43-53(44-55)39-51(40-53)33-26-19-15-11-10-12-16-22-29-49(35-28-36-49)30-23-20-21-27-34-51/h1-48H2. The largest absolute Gasteiger partial charge is 0.0533 e. The molecule has 0 nitrogen and oxygen atoms in total. The highest BCUT2D eigenvalue weighted by Crippen LogP contribution is 2.87.